The molecule has 1 N–H and O–H groups in total. The van der Waals surface area contributed by atoms with Gasteiger partial charge in [-0.25, -0.2) is 0 Å². The molecule has 1 saturated heterocycles. The lowest BCUT2D eigenvalue weighted by Crippen LogP contribution is -2.52. The van der Waals surface area contributed by atoms with Crippen molar-refractivity contribution in [2.24, 2.45) is 5.92 Å². The van der Waals surface area contributed by atoms with Gasteiger partial charge in [0.15, 0.2) is 0 Å². The van der Waals surface area contributed by atoms with E-state index in [1.807, 2.05) is 48.4 Å². The van der Waals surface area contributed by atoms with Crippen molar-refractivity contribution in [3.05, 3.63) is 64.1 Å². The first-order valence-electron chi connectivity index (χ1n) is 12.1. The lowest BCUT2D eigenvalue weighted by Gasteiger charge is -2.44. The maximum Gasteiger partial charge on any atom is 0.260 e. The molecule has 2 aliphatic rings. The number of hydrogen-bond donors (Lipinski definition) is 1. The van der Waals surface area contributed by atoms with Crippen molar-refractivity contribution in [3.63, 3.8) is 0 Å². The van der Waals surface area contributed by atoms with Gasteiger partial charge in [0.25, 0.3) is 5.91 Å². The van der Waals surface area contributed by atoms with Crippen LogP contribution in [0.25, 0.3) is 6.08 Å². The highest BCUT2D eigenvalue weighted by Gasteiger charge is 2.42. The summed E-state index contributed by atoms with van der Waals surface area (Å²) in [7, 11) is 5.14. The molecular formula is C28H34N2O4S. The Morgan fingerprint density at radius 3 is 2.74 bits per heavy atom. The van der Waals surface area contributed by atoms with E-state index in [9.17, 15) is 9.59 Å². The molecule has 1 aliphatic heterocycles. The molecule has 1 heterocycles. The number of carbonyl (C=O) groups excluding carboxylic acids is 2. The third kappa shape index (κ3) is 5.84. The van der Waals surface area contributed by atoms with Crippen molar-refractivity contribution in [3.8, 4) is 11.5 Å². The van der Waals surface area contributed by atoms with Gasteiger partial charge in [-0.15, -0.1) is 11.8 Å². The zero-order valence-electron chi connectivity index (χ0n) is 20.9. The molecule has 3 atom stereocenters. The minimum Gasteiger partial charge on any atom is -0.497 e. The van der Waals surface area contributed by atoms with Crippen LogP contribution >= 0.6 is 11.8 Å². The van der Waals surface area contributed by atoms with Crippen LogP contribution < -0.4 is 14.8 Å². The summed E-state index contributed by atoms with van der Waals surface area (Å²) in [4.78, 5) is 28.7. The number of carbonyl (C=O) groups is 2. The van der Waals surface area contributed by atoms with E-state index in [-0.39, 0.29) is 23.8 Å². The fourth-order valence-electron chi connectivity index (χ4n) is 4.97. The largest absolute Gasteiger partial charge is 0.497 e. The quantitative estimate of drug-likeness (QED) is 0.576. The molecule has 6 nitrogen and oxygen atoms in total. The SMILES string of the molecule is COc1ccc(CCNC(=O)C2CCC3S/C(=C/c4cccc(C)c4)C(=O)N(C)C3C2)c(OC)c1. The van der Waals surface area contributed by atoms with E-state index in [1.165, 1.54) is 5.56 Å². The number of thioether (sulfide) groups is 1. The van der Waals surface area contributed by atoms with Crippen molar-refractivity contribution < 1.29 is 19.1 Å². The van der Waals surface area contributed by atoms with Gasteiger partial charge in [-0.2, -0.15) is 0 Å². The summed E-state index contributed by atoms with van der Waals surface area (Å²) in [6.45, 7) is 2.60. The zero-order chi connectivity index (χ0) is 24.9. The Hall–Kier alpha value is -2.93. The Balaban J connectivity index is 1.34. The predicted molar refractivity (Wildman–Crippen MR) is 141 cm³/mol. The maximum atomic E-state index is 13.1. The fraction of sp³-hybridized carbons (Fsp3) is 0.429. The van der Waals surface area contributed by atoms with Crippen molar-refractivity contribution in [2.75, 3.05) is 27.8 Å². The van der Waals surface area contributed by atoms with E-state index >= 15 is 0 Å². The third-order valence-corrected chi connectivity index (χ3v) is 8.36. The summed E-state index contributed by atoms with van der Waals surface area (Å²) in [6, 6.07) is 14.0. The molecule has 0 aromatic heterocycles. The molecular weight excluding hydrogens is 460 g/mol. The molecule has 2 aromatic rings. The molecule has 2 aromatic carbocycles. The number of ether oxygens (including phenoxy) is 2. The average molecular weight is 495 g/mol. The predicted octanol–water partition coefficient (Wildman–Crippen LogP) is 4.45. The van der Waals surface area contributed by atoms with Crippen molar-refractivity contribution in [2.45, 2.75) is 43.9 Å². The fourth-order valence-corrected chi connectivity index (χ4v) is 6.45. The van der Waals surface area contributed by atoms with Crippen LogP contribution in [0, 0.1) is 12.8 Å². The smallest absolute Gasteiger partial charge is 0.260 e. The number of fused-ring (bicyclic) bond motifs is 1. The zero-order valence-corrected chi connectivity index (χ0v) is 21.7. The van der Waals surface area contributed by atoms with Gasteiger partial charge in [0.05, 0.1) is 19.1 Å². The number of hydrogen-bond acceptors (Lipinski definition) is 5. The molecule has 186 valence electrons. The van der Waals surface area contributed by atoms with Crippen molar-refractivity contribution in [1.29, 1.82) is 0 Å². The van der Waals surface area contributed by atoms with Gasteiger partial charge in [0.2, 0.25) is 5.91 Å². The highest BCUT2D eigenvalue weighted by atomic mass is 32.2. The highest BCUT2D eigenvalue weighted by Crippen LogP contribution is 2.43. The molecule has 4 rings (SSSR count). The van der Waals surface area contributed by atoms with Gasteiger partial charge in [0.1, 0.15) is 11.5 Å². The van der Waals surface area contributed by atoms with Gasteiger partial charge in [-0.3, -0.25) is 9.59 Å². The first kappa shape index (κ1) is 25.2. The number of amides is 2. The van der Waals surface area contributed by atoms with E-state index in [0.29, 0.717) is 24.6 Å². The van der Waals surface area contributed by atoms with Crippen LogP contribution in [0.15, 0.2) is 47.4 Å². The van der Waals surface area contributed by atoms with E-state index in [0.717, 1.165) is 40.4 Å². The second-order valence-electron chi connectivity index (χ2n) is 9.29. The number of nitrogens with one attached hydrogen (secondary N) is 1. The molecule has 2 fully saturated rings. The van der Waals surface area contributed by atoms with Gasteiger partial charge in [-0.05, 0) is 55.9 Å². The summed E-state index contributed by atoms with van der Waals surface area (Å²) in [5.41, 5.74) is 3.25. The molecule has 0 radical (unpaired) electrons. The van der Waals surface area contributed by atoms with E-state index < -0.39 is 0 Å². The average Bonchev–Trinajstić information content (AvgIpc) is 2.87. The van der Waals surface area contributed by atoms with E-state index in [4.69, 9.17) is 9.47 Å². The van der Waals surface area contributed by atoms with Crippen LogP contribution in [-0.2, 0) is 16.0 Å². The van der Waals surface area contributed by atoms with Crippen LogP contribution in [0.5, 0.6) is 11.5 Å². The molecule has 1 aliphatic carbocycles. The molecule has 3 unspecified atom stereocenters. The van der Waals surface area contributed by atoms with Crippen LogP contribution in [0.4, 0.5) is 0 Å². The number of methoxy groups -OCH3 is 2. The number of aryl methyl sites for hydroxylation is 1. The Morgan fingerprint density at radius 2 is 2.00 bits per heavy atom. The van der Waals surface area contributed by atoms with Crippen molar-refractivity contribution >= 4 is 29.7 Å². The highest BCUT2D eigenvalue weighted by molar-refractivity contribution is 8.04. The van der Waals surface area contributed by atoms with E-state index in [1.54, 1.807) is 26.0 Å². The lowest BCUT2D eigenvalue weighted by molar-refractivity contribution is -0.131. The van der Waals surface area contributed by atoms with Crippen LogP contribution in [0.1, 0.15) is 36.0 Å². The van der Waals surface area contributed by atoms with Gasteiger partial charge < -0.3 is 19.7 Å². The van der Waals surface area contributed by atoms with E-state index in [2.05, 4.69) is 24.4 Å². The molecule has 0 spiro atoms. The Morgan fingerprint density at radius 1 is 1.17 bits per heavy atom. The first-order valence-corrected chi connectivity index (χ1v) is 13.0. The maximum absolute atomic E-state index is 13.1. The minimum atomic E-state index is -0.0767. The summed E-state index contributed by atoms with van der Waals surface area (Å²) in [5, 5.41) is 3.42. The number of benzene rings is 2. The third-order valence-electron chi connectivity index (χ3n) is 6.96. The monoisotopic (exact) mass is 494 g/mol. The number of rotatable bonds is 7. The molecule has 1 saturated carbocycles. The first-order chi connectivity index (χ1) is 16.9. The molecule has 7 heteroatoms. The Kier molecular flexibility index (Phi) is 8.06. The second-order valence-corrected chi connectivity index (χ2v) is 10.6. The number of likely N-dealkylation sites (N-methyl/N-ethyl adjacent to an activating group) is 1. The molecule has 35 heavy (non-hydrogen) atoms. The van der Waals surface area contributed by atoms with Crippen LogP contribution in [0.3, 0.4) is 0 Å². The van der Waals surface area contributed by atoms with Crippen molar-refractivity contribution in [1.82, 2.24) is 10.2 Å². The summed E-state index contributed by atoms with van der Waals surface area (Å²) in [6.07, 6.45) is 5.14. The molecule has 2 amide bonds. The Labute approximate surface area is 212 Å². The van der Waals surface area contributed by atoms with Gasteiger partial charge in [-0.1, -0.05) is 35.9 Å². The lowest BCUT2D eigenvalue weighted by atomic mass is 9.83. The Bertz CT molecular complexity index is 1120. The van der Waals surface area contributed by atoms with Gasteiger partial charge >= 0.3 is 0 Å². The summed E-state index contributed by atoms with van der Waals surface area (Å²) in [5.74, 6) is 1.54. The summed E-state index contributed by atoms with van der Waals surface area (Å²) < 4.78 is 10.7. The van der Waals surface area contributed by atoms with Crippen LogP contribution in [-0.4, -0.2) is 55.8 Å². The summed E-state index contributed by atoms with van der Waals surface area (Å²) >= 11 is 1.68. The standard InChI is InChI=1S/C28H34N2O4S/c1-18-6-5-7-19(14-18)15-26-28(32)30(2)23-16-21(9-11-25(23)35-26)27(31)29-13-12-20-8-10-22(33-3)17-24(20)34-4/h5-8,10,14-15,17,21,23,25H,9,11-13,16H2,1-4H3,(H,29,31)/b26-15+. The second kappa shape index (κ2) is 11.2. The molecule has 0 bridgehead atoms. The topological polar surface area (TPSA) is 67.9 Å². The minimum absolute atomic E-state index is 0.0467. The normalized spacial score (nSPS) is 23.1. The van der Waals surface area contributed by atoms with Gasteiger partial charge in [0, 0.05) is 36.9 Å². The van der Waals surface area contributed by atoms with Crippen LogP contribution in [0.2, 0.25) is 0 Å². The number of nitrogens with zero attached hydrogens (tertiary/aromatic N) is 1.